The van der Waals surface area contributed by atoms with E-state index >= 15 is 4.39 Å². The van der Waals surface area contributed by atoms with Gasteiger partial charge in [0.2, 0.25) is 0 Å². The van der Waals surface area contributed by atoms with Crippen LogP contribution in [0.1, 0.15) is 52.5 Å². The number of ether oxygens (including phenoxy) is 3. The Kier molecular flexibility index (Phi) is 9.87. The highest BCUT2D eigenvalue weighted by atomic mass is 32.1. The van der Waals surface area contributed by atoms with Gasteiger partial charge in [0.15, 0.2) is 40.4 Å². The molecule has 0 radical (unpaired) electrons. The van der Waals surface area contributed by atoms with Crippen LogP contribution in [0.25, 0.3) is 20.2 Å². The number of carbonyl (C=O) groups excluding carboxylic acids is 2. The molecular weight excluding hydrogens is 603 g/mol. The Labute approximate surface area is 253 Å². The zero-order valence-electron chi connectivity index (χ0n) is 23.5. The molecule has 0 aliphatic heterocycles. The number of phenols is 1. The van der Waals surface area contributed by atoms with Gasteiger partial charge >= 0.3 is 11.9 Å². The number of Topliss-reactive ketones (excluding diaryl/α,β-unsaturated/α-hetero) is 2. The number of aliphatic carboxylic acids is 2. The molecule has 0 aliphatic carbocycles. The topological polar surface area (TPSA) is 157 Å². The molecule has 10 nitrogen and oxygen atoms in total. The second-order valence-corrected chi connectivity index (χ2v) is 12.2. The minimum atomic E-state index is -1.09. The van der Waals surface area contributed by atoms with Gasteiger partial charge in [0.05, 0.1) is 41.9 Å². The van der Waals surface area contributed by atoms with E-state index in [0.717, 1.165) is 22.7 Å². The van der Waals surface area contributed by atoms with Crippen molar-refractivity contribution in [1.82, 2.24) is 0 Å². The molecule has 0 spiro atoms. The Morgan fingerprint density at radius 2 is 1.40 bits per heavy atom. The van der Waals surface area contributed by atoms with Crippen molar-refractivity contribution in [1.29, 1.82) is 0 Å². The summed E-state index contributed by atoms with van der Waals surface area (Å²) < 4.78 is 33.2. The number of methoxy groups -OCH3 is 1. The number of hydrogen-bond acceptors (Lipinski definition) is 10. The number of fused-ring (bicyclic) bond motifs is 2. The van der Waals surface area contributed by atoms with Crippen LogP contribution in [0.2, 0.25) is 0 Å². The molecule has 2 heterocycles. The van der Waals surface area contributed by atoms with Gasteiger partial charge in [0, 0.05) is 46.2 Å². The fourth-order valence-corrected chi connectivity index (χ4v) is 6.24. The zero-order chi connectivity index (χ0) is 31.4. The molecule has 1 unspecified atom stereocenters. The molecule has 13 heteroatoms. The number of carboxylic acids is 2. The number of halogens is 1. The van der Waals surface area contributed by atoms with Crippen LogP contribution in [-0.2, 0) is 9.59 Å². The molecule has 4 aromatic rings. The van der Waals surface area contributed by atoms with Gasteiger partial charge in [-0.3, -0.25) is 19.2 Å². The van der Waals surface area contributed by atoms with Gasteiger partial charge in [-0.1, -0.05) is 13.8 Å². The molecule has 2 atom stereocenters. The SMILES string of the molecule is COc1cc2sc(C(=O)C[C@H](C)C(=O)O)cc2c(F)c1OCCCOc1cc2cc(C(=O)CC(C)C(=O)O)sc2cc1O. The summed E-state index contributed by atoms with van der Waals surface area (Å²) in [6.45, 7) is 3.04. The van der Waals surface area contributed by atoms with E-state index in [1.54, 1.807) is 18.2 Å². The molecule has 228 valence electrons. The fraction of sp³-hybridized carbons (Fsp3) is 0.333. The molecule has 0 aliphatic rings. The second kappa shape index (κ2) is 13.4. The normalized spacial score (nSPS) is 12.7. The van der Waals surface area contributed by atoms with Gasteiger partial charge in [-0.25, -0.2) is 4.39 Å². The summed E-state index contributed by atoms with van der Waals surface area (Å²) >= 11 is 2.20. The highest BCUT2D eigenvalue weighted by molar-refractivity contribution is 7.21. The van der Waals surface area contributed by atoms with E-state index in [-0.39, 0.29) is 65.1 Å². The average molecular weight is 633 g/mol. The van der Waals surface area contributed by atoms with Crippen LogP contribution in [0.15, 0.2) is 30.3 Å². The van der Waals surface area contributed by atoms with E-state index in [2.05, 4.69) is 0 Å². The number of aromatic hydroxyl groups is 1. The molecule has 43 heavy (non-hydrogen) atoms. The monoisotopic (exact) mass is 632 g/mol. The number of benzene rings is 2. The third kappa shape index (κ3) is 7.23. The molecule has 0 bridgehead atoms. The quantitative estimate of drug-likeness (QED) is 0.0989. The van der Waals surface area contributed by atoms with Crippen LogP contribution in [0, 0.1) is 17.7 Å². The number of hydrogen-bond donors (Lipinski definition) is 3. The van der Waals surface area contributed by atoms with Crippen molar-refractivity contribution in [2.75, 3.05) is 20.3 Å². The molecule has 3 N–H and O–H groups in total. The minimum Gasteiger partial charge on any atom is -0.504 e. The Morgan fingerprint density at radius 1 is 0.814 bits per heavy atom. The van der Waals surface area contributed by atoms with E-state index < -0.39 is 35.4 Å². The van der Waals surface area contributed by atoms with Gasteiger partial charge in [0.25, 0.3) is 0 Å². The summed E-state index contributed by atoms with van der Waals surface area (Å²) in [5, 5.41) is 29.4. The molecule has 0 fully saturated rings. The summed E-state index contributed by atoms with van der Waals surface area (Å²) in [5.74, 6) is -5.17. The third-order valence-corrected chi connectivity index (χ3v) is 8.93. The van der Waals surface area contributed by atoms with Gasteiger partial charge in [-0.05, 0) is 23.6 Å². The highest BCUT2D eigenvalue weighted by Crippen LogP contribution is 2.41. The maximum atomic E-state index is 15.4. The lowest BCUT2D eigenvalue weighted by molar-refractivity contribution is -0.141. The predicted molar refractivity (Wildman–Crippen MR) is 159 cm³/mol. The predicted octanol–water partition coefficient (Wildman–Crippen LogP) is 6.40. The molecular formula is C30H29FO10S2. The molecule has 0 saturated heterocycles. The van der Waals surface area contributed by atoms with Gasteiger partial charge in [0.1, 0.15) is 0 Å². The van der Waals surface area contributed by atoms with Gasteiger partial charge in [-0.15, -0.1) is 22.7 Å². The first-order chi connectivity index (χ1) is 20.4. The van der Waals surface area contributed by atoms with Crippen molar-refractivity contribution in [2.45, 2.75) is 33.1 Å². The van der Waals surface area contributed by atoms with Crippen molar-refractivity contribution in [3.63, 3.8) is 0 Å². The number of carboxylic acid groups (broad SMARTS) is 2. The molecule has 0 saturated carbocycles. The first kappa shape index (κ1) is 31.7. The first-order valence-electron chi connectivity index (χ1n) is 13.2. The second-order valence-electron chi connectivity index (χ2n) is 10.00. The zero-order valence-corrected chi connectivity index (χ0v) is 25.1. The largest absolute Gasteiger partial charge is 0.504 e. The summed E-state index contributed by atoms with van der Waals surface area (Å²) in [5.41, 5.74) is 0. The van der Waals surface area contributed by atoms with Gasteiger partial charge in [-0.2, -0.15) is 0 Å². The Bertz CT molecular complexity index is 1710. The first-order valence-corrected chi connectivity index (χ1v) is 14.9. The van der Waals surface area contributed by atoms with E-state index in [9.17, 15) is 24.3 Å². The number of phenolic OH excluding ortho intramolecular Hbond substituents is 1. The molecule has 2 aromatic heterocycles. The smallest absolute Gasteiger partial charge is 0.306 e. The van der Waals surface area contributed by atoms with Gasteiger partial charge < -0.3 is 29.5 Å². The molecule has 2 aromatic carbocycles. The fourth-order valence-electron chi connectivity index (χ4n) is 4.18. The van der Waals surface area contributed by atoms with Crippen molar-refractivity contribution >= 4 is 66.4 Å². The summed E-state index contributed by atoms with van der Waals surface area (Å²) in [6.07, 6.45) is -0.0306. The maximum absolute atomic E-state index is 15.4. The maximum Gasteiger partial charge on any atom is 0.306 e. The van der Waals surface area contributed by atoms with Crippen LogP contribution in [0.3, 0.4) is 0 Å². The van der Waals surface area contributed by atoms with Crippen LogP contribution >= 0.6 is 22.7 Å². The van der Waals surface area contributed by atoms with E-state index in [4.69, 9.17) is 24.4 Å². The Morgan fingerprint density at radius 3 is 2.00 bits per heavy atom. The molecule has 4 rings (SSSR count). The lowest BCUT2D eigenvalue weighted by Gasteiger charge is -2.13. The van der Waals surface area contributed by atoms with Crippen molar-refractivity contribution in [3.8, 4) is 23.0 Å². The Hall–Kier alpha value is -4.23. The van der Waals surface area contributed by atoms with Crippen molar-refractivity contribution in [3.05, 3.63) is 45.9 Å². The Balaban J connectivity index is 1.39. The summed E-state index contributed by atoms with van der Waals surface area (Å²) in [6, 6.07) is 7.63. The van der Waals surface area contributed by atoms with Crippen LogP contribution in [0.4, 0.5) is 4.39 Å². The minimum absolute atomic E-state index is 0.0344. The van der Waals surface area contributed by atoms with E-state index in [1.165, 1.54) is 33.1 Å². The summed E-state index contributed by atoms with van der Waals surface area (Å²) in [7, 11) is 1.36. The number of rotatable bonds is 15. The van der Waals surface area contributed by atoms with Crippen molar-refractivity contribution < 1.29 is 53.1 Å². The van der Waals surface area contributed by atoms with E-state index in [1.807, 2.05) is 0 Å². The lowest BCUT2D eigenvalue weighted by Crippen LogP contribution is -2.13. The van der Waals surface area contributed by atoms with Crippen LogP contribution in [-0.4, -0.2) is 59.1 Å². The number of carbonyl (C=O) groups is 4. The van der Waals surface area contributed by atoms with E-state index in [0.29, 0.717) is 26.1 Å². The average Bonchev–Trinajstić information content (AvgIpc) is 3.58. The van der Waals surface area contributed by atoms with Crippen LogP contribution < -0.4 is 14.2 Å². The number of thiophene rings is 2. The highest BCUT2D eigenvalue weighted by Gasteiger charge is 2.23. The van der Waals surface area contributed by atoms with Crippen LogP contribution in [0.5, 0.6) is 23.0 Å². The summed E-state index contributed by atoms with van der Waals surface area (Å²) in [4.78, 5) is 47.8. The standard InChI is InChI=1S/C30H29FO10S2/c1-14(29(35)36)7-19(33)25-10-16-9-21(18(32)12-23(16)42-25)40-5-4-6-41-28-22(39-3)13-24-17(27(28)31)11-26(43-24)20(34)8-15(2)30(37)38/h9-15,32H,4-8H2,1-3H3,(H,35,36)(H,37,38)/t14?,15-/m0/s1. The third-order valence-electron chi connectivity index (χ3n) is 6.67. The van der Waals surface area contributed by atoms with Crippen molar-refractivity contribution in [2.24, 2.45) is 11.8 Å². The molecule has 0 amide bonds. The lowest BCUT2D eigenvalue weighted by atomic mass is 10.0. The number of ketones is 2.